The molecule has 0 aliphatic carbocycles. The summed E-state index contributed by atoms with van der Waals surface area (Å²) in [5, 5.41) is 15.4. The van der Waals surface area contributed by atoms with Crippen LogP contribution < -0.4 is 4.90 Å². The van der Waals surface area contributed by atoms with Crippen LogP contribution in [0.3, 0.4) is 0 Å². The van der Waals surface area contributed by atoms with Crippen molar-refractivity contribution >= 4 is 11.8 Å². The van der Waals surface area contributed by atoms with E-state index in [9.17, 15) is 18.0 Å². The van der Waals surface area contributed by atoms with Crippen LogP contribution in [0.1, 0.15) is 5.69 Å². The number of carboxylic acids is 1. The largest absolute Gasteiger partial charge is 0.480 e. The van der Waals surface area contributed by atoms with Crippen molar-refractivity contribution in [2.24, 2.45) is 0 Å². The summed E-state index contributed by atoms with van der Waals surface area (Å²) in [5.74, 6) is -0.527. The number of hydrogen-bond donors (Lipinski definition) is 1. The van der Waals surface area contributed by atoms with Crippen LogP contribution in [0.25, 0.3) is 0 Å². The van der Waals surface area contributed by atoms with Crippen LogP contribution >= 0.6 is 0 Å². The van der Waals surface area contributed by atoms with E-state index in [2.05, 4.69) is 10.2 Å². The van der Waals surface area contributed by atoms with Gasteiger partial charge in [0.15, 0.2) is 11.5 Å². The maximum Gasteiger partial charge on any atom is 0.435 e. The minimum atomic E-state index is -4.49. The van der Waals surface area contributed by atoms with Gasteiger partial charge in [0.1, 0.15) is 0 Å². The molecular formula is C11H13F3N4O2. The van der Waals surface area contributed by atoms with Gasteiger partial charge in [0.05, 0.1) is 6.54 Å². The Labute approximate surface area is 112 Å². The summed E-state index contributed by atoms with van der Waals surface area (Å²) in [6, 6.07) is 2.18. The molecule has 1 aliphatic rings. The molecule has 6 nitrogen and oxygen atoms in total. The van der Waals surface area contributed by atoms with Gasteiger partial charge in [0.25, 0.3) is 0 Å². The number of aromatic nitrogens is 2. The van der Waals surface area contributed by atoms with Crippen molar-refractivity contribution in [1.29, 1.82) is 0 Å². The van der Waals surface area contributed by atoms with Crippen LogP contribution in [0.15, 0.2) is 12.1 Å². The third-order valence-electron chi connectivity index (χ3n) is 3.00. The second-order valence-electron chi connectivity index (χ2n) is 4.43. The number of halogens is 3. The first-order valence-electron chi connectivity index (χ1n) is 5.96. The van der Waals surface area contributed by atoms with Gasteiger partial charge in [-0.1, -0.05) is 0 Å². The maximum atomic E-state index is 12.4. The van der Waals surface area contributed by atoms with Crippen molar-refractivity contribution in [2.75, 3.05) is 37.6 Å². The lowest BCUT2D eigenvalue weighted by Crippen LogP contribution is -2.48. The highest BCUT2D eigenvalue weighted by Gasteiger charge is 2.33. The molecule has 1 aromatic heterocycles. The molecule has 110 valence electrons. The van der Waals surface area contributed by atoms with Gasteiger partial charge in [-0.05, 0) is 12.1 Å². The molecule has 0 atom stereocenters. The average Bonchev–Trinajstić information content (AvgIpc) is 2.38. The quantitative estimate of drug-likeness (QED) is 0.884. The molecule has 1 aromatic rings. The molecule has 2 heterocycles. The van der Waals surface area contributed by atoms with E-state index in [0.29, 0.717) is 32.0 Å². The molecule has 1 N–H and O–H groups in total. The minimum Gasteiger partial charge on any atom is -0.480 e. The van der Waals surface area contributed by atoms with Gasteiger partial charge >= 0.3 is 12.1 Å². The Kier molecular flexibility index (Phi) is 4.07. The molecule has 0 amide bonds. The Hall–Kier alpha value is -1.90. The molecule has 0 saturated carbocycles. The number of nitrogens with zero attached hydrogens (tertiary/aromatic N) is 4. The smallest absolute Gasteiger partial charge is 0.435 e. The molecule has 0 spiro atoms. The van der Waals surface area contributed by atoms with Crippen LogP contribution in [0.4, 0.5) is 19.0 Å². The van der Waals surface area contributed by atoms with Crippen LogP contribution in [0.2, 0.25) is 0 Å². The van der Waals surface area contributed by atoms with Gasteiger partial charge < -0.3 is 10.0 Å². The van der Waals surface area contributed by atoms with Gasteiger partial charge in [-0.25, -0.2) is 0 Å². The van der Waals surface area contributed by atoms with E-state index < -0.39 is 17.8 Å². The second kappa shape index (κ2) is 5.61. The number of aliphatic carboxylic acids is 1. The molecule has 0 unspecified atom stereocenters. The van der Waals surface area contributed by atoms with Gasteiger partial charge in [-0.2, -0.15) is 13.2 Å². The second-order valence-corrected chi connectivity index (χ2v) is 4.43. The molecule has 1 fully saturated rings. The first kappa shape index (κ1) is 14.5. The minimum absolute atomic E-state index is 0.0352. The summed E-state index contributed by atoms with van der Waals surface area (Å²) in [6.07, 6.45) is -4.49. The molecule has 0 aromatic carbocycles. The van der Waals surface area contributed by atoms with Gasteiger partial charge in [-0.3, -0.25) is 9.69 Å². The fraction of sp³-hybridized carbons (Fsp3) is 0.545. The lowest BCUT2D eigenvalue weighted by molar-refractivity contribution is -0.141. The number of rotatable bonds is 3. The van der Waals surface area contributed by atoms with E-state index in [0.717, 1.165) is 6.07 Å². The highest BCUT2D eigenvalue weighted by atomic mass is 19.4. The molecular weight excluding hydrogens is 277 g/mol. The number of anilines is 1. The van der Waals surface area contributed by atoms with Gasteiger partial charge in [-0.15, -0.1) is 10.2 Å². The van der Waals surface area contributed by atoms with Crippen molar-refractivity contribution < 1.29 is 23.1 Å². The van der Waals surface area contributed by atoms with E-state index >= 15 is 0 Å². The van der Waals surface area contributed by atoms with E-state index in [4.69, 9.17) is 5.11 Å². The summed E-state index contributed by atoms with van der Waals surface area (Å²) in [5.41, 5.74) is -1.02. The number of carbonyl (C=O) groups is 1. The number of alkyl halides is 3. The zero-order valence-corrected chi connectivity index (χ0v) is 10.5. The maximum absolute atomic E-state index is 12.4. The predicted octanol–water partition coefficient (Wildman–Crippen LogP) is 0.702. The average molecular weight is 290 g/mol. The lowest BCUT2D eigenvalue weighted by atomic mass is 10.3. The third kappa shape index (κ3) is 3.56. The molecule has 9 heteroatoms. The highest BCUT2D eigenvalue weighted by molar-refractivity contribution is 5.69. The van der Waals surface area contributed by atoms with E-state index in [-0.39, 0.29) is 6.54 Å². The molecule has 2 rings (SSSR count). The van der Waals surface area contributed by atoms with E-state index in [1.54, 1.807) is 9.80 Å². The van der Waals surface area contributed by atoms with Crippen molar-refractivity contribution in [3.05, 3.63) is 17.8 Å². The van der Waals surface area contributed by atoms with Crippen LogP contribution in [0.5, 0.6) is 0 Å². The summed E-state index contributed by atoms with van der Waals surface area (Å²) in [4.78, 5) is 14.1. The topological polar surface area (TPSA) is 69.6 Å². The summed E-state index contributed by atoms with van der Waals surface area (Å²) >= 11 is 0. The molecule has 1 aliphatic heterocycles. The Balaban J connectivity index is 1.95. The van der Waals surface area contributed by atoms with Gasteiger partial charge in [0.2, 0.25) is 0 Å². The first-order chi connectivity index (χ1) is 9.36. The van der Waals surface area contributed by atoms with Crippen molar-refractivity contribution in [1.82, 2.24) is 15.1 Å². The summed E-state index contributed by atoms with van der Waals surface area (Å²) in [7, 11) is 0. The van der Waals surface area contributed by atoms with E-state index in [1.165, 1.54) is 6.07 Å². The van der Waals surface area contributed by atoms with Crippen molar-refractivity contribution in [3.8, 4) is 0 Å². The molecule has 0 radical (unpaired) electrons. The Morgan fingerprint density at radius 3 is 2.30 bits per heavy atom. The van der Waals surface area contributed by atoms with Crippen LogP contribution in [-0.2, 0) is 11.0 Å². The molecule has 20 heavy (non-hydrogen) atoms. The van der Waals surface area contributed by atoms with Crippen molar-refractivity contribution in [2.45, 2.75) is 6.18 Å². The number of hydrogen-bond acceptors (Lipinski definition) is 5. The first-order valence-corrected chi connectivity index (χ1v) is 5.96. The van der Waals surface area contributed by atoms with Crippen LogP contribution in [0, 0.1) is 0 Å². The fourth-order valence-electron chi connectivity index (χ4n) is 1.97. The Morgan fingerprint density at radius 1 is 1.20 bits per heavy atom. The fourth-order valence-corrected chi connectivity index (χ4v) is 1.97. The summed E-state index contributed by atoms with van der Waals surface area (Å²) in [6.45, 7) is 2.02. The van der Waals surface area contributed by atoms with Crippen LogP contribution in [-0.4, -0.2) is 58.9 Å². The standard InChI is InChI=1S/C11H13F3N4O2/c12-11(13,14)8-1-2-9(16-15-8)18-5-3-17(4-6-18)7-10(19)20/h1-2H,3-7H2,(H,19,20). The van der Waals surface area contributed by atoms with Gasteiger partial charge in [0, 0.05) is 26.2 Å². The Bertz CT molecular complexity index is 470. The zero-order valence-electron chi connectivity index (χ0n) is 10.5. The number of piperazine rings is 1. The SMILES string of the molecule is O=C(O)CN1CCN(c2ccc(C(F)(F)F)nn2)CC1. The monoisotopic (exact) mass is 290 g/mol. The predicted molar refractivity (Wildman–Crippen MR) is 63.3 cm³/mol. The third-order valence-corrected chi connectivity index (χ3v) is 3.00. The van der Waals surface area contributed by atoms with Crippen molar-refractivity contribution in [3.63, 3.8) is 0 Å². The Morgan fingerprint density at radius 2 is 1.85 bits per heavy atom. The molecule has 0 bridgehead atoms. The van der Waals surface area contributed by atoms with E-state index in [1.807, 2.05) is 0 Å². The molecule has 1 saturated heterocycles. The zero-order chi connectivity index (χ0) is 14.8. The highest BCUT2D eigenvalue weighted by Crippen LogP contribution is 2.27. The lowest BCUT2D eigenvalue weighted by Gasteiger charge is -2.34. The summed E-state index contributed by atoms with van der Waals surface area (Å²) < 4.78 is 37.1. The normalized spacial score (nSPS) is 17.2. The number of carboxylic acid groups (broad SMARTS) is 1.